The average molecular weight is 570 g/mol. The topological polar surface area (TPSA) is 86.8 Å². The molecule has 208 valence electrons. The van der Waals surface area contributed by atoms with Crippen LogP contribution in [0.3, 0.4) is 0 Å². The van der Waals surface area contributed by atoms with Gasteiger partial charge in [0.2, 0.25) is 21.8 Å². The number of carbonyl (C=O) groups is 2. The Bertz CT molecular complexity index is 1360. The van der Waals surface area contributed by atoms with Crippen molar-refractivity contribution in [3.63, 3.8) is 0 Å². The lowest BCUT2D eigenvalue weighted by Gasteiger charge is -2.34. The molecule has 3 aromatic rings. The largest absolute Gasteiger partial charge is 0.355 e. The van der Waals surface area contributed by atoms with Crippen molar-refractivity contribution in [2.24, 2.45) is 0 Å². The molecule has 0 unspecified atom stereocenters. The van der Waals surface area contributed by atoms with Crippen molar-refractivity contribution in [1.82, 2.24) is 10.2 Å². The summed E-state index contributed by atoms with van der Waals surface area (Å²) in [6.45, 7) is 5.81. The minimum atomic E-state index is -3.83. The fourth-order valence-electron chi connectivity index (χ4n) is 4.43. The highest BCUT2D eigenvalue weighted by molar-refractivity contribution is 7.92. The Kier molecular flexibility index (Phi) is 10.5. The van der Waals surface area contributed by atoms with Gasteiger partial charge in [0.05, 0.1) is 11.9 Å². The van der Waals surface area contributed by atoms with E-state index in [1.807, 2.05) is 63.2 Å². The molecular formula is C30H36ClN3O4S. The van der Waals surface area contributed by atoms with Crippen LogP contribution in [-0.2, 0) is 32.6 Å². The molecule has 7 nitrogen and oxygen atoms in total. The van der Waals surface area contributed by atoms with Crippen LogP contribution in [0.4, 0.5) is 5.69 Å². The van der Waals surface area contributed by atoms with E-state index in [1.165, 1.54) is 4.90 Å². The number of benzene rings is 3. The Hall–Kier alpha value is -3.36. The van der Waals surface area contributed by atoms with Crippen LogP contribution in [-0.4, -0.2) is 50.5 Å². The zero-order valence-electron chi connectivity index (χ0n) is 22.8. The zero-order chi connectivity index (χ0) is 28.6. The predicted molar refractivity (Wildman–Crippen MR) is 157 cm³/mol. The molecule has 0 aliphatic heterocycles. The fourth-order valence-corrected chi connectivity index (χ4v) is 5.42. The van der Waals surface area contributed by atoms with Crippen molar-refractivity contribution >= 4 is 39.1 Å². The number of halogens is 1. The second kappa shape index (κ2) is 13.6. The van der Waals surface area contributed by atoms with E-state index >= 15 is 0 Å². The zero-order valence-corrected chi connectivity index (χ0v) is 24.4. The third kappa shape index (κ3) is 8.31. The van der Waals surface area contributed by atoms with E-state index in [1.54, 1.807) is 36.4 Å². The highest BCUT2D eigenvalue weighted by Gasteiger charge is 2.33. The smallest absolute Gasteiger partial charge is 0.244 e. The molecule has 3 aromatic carbocycles. The molecule has 9 heteroatoms. The highest BCUT2D eigenvalue weighted by Crippen LogP contribution is 2.29. The summed E-state index contributed by atoms with van der Waals surface area (Å²) in [6.07, 6.45) is 1.36. The van der Waals surface area contributed by atoms with Gasteiger partial charge in [-0.15, -0.1) is 0 Å². The van der Waals surface area contributed by atoms with E-state index in [0.29, 0.717) is 17.3 Å². The summed E-state index contributed by atoms with van der Waals surface area (Å²) in [5.41, 5.74) is 2.91. The van der Waals surface area contributed by atoms with E-state index in [2.05, 4.69) is 5.32 Å². The molecule has 0 aromatic heterocycles. The number of sulfonamides is 1. The molecule has 0 heterocycles. The number of nitrogens with zero attached hydrogens (tertiary/aromatic N) is 2. The molecular weight excluding hydrogens is 534 g/mol. The number of anilines is 1. The maximum atomic E-state index is 14.1. The summed E-state index contributed by atoms with van der Waals surface area (Å²) < 4.78 is 27.2. The maximum Gasteiger partial charge on any atom is 0.244 e. The monoisotopic (exact) mass is 569 g/mol. The normalized spacial score (nSPS) is 12.2. The number of amides is 2. The molecule has 0 saturated heterocycles. The van der Waals surface area contributed by atoms with Crippen LogP contribution in [0.15, 0.2) is 78.9 Å². The predicted octanol–water partition coefficient (Wildman–Crippen LogP) is 5.01. The molecule has 1 N–H and O–H groups in total. The van der Waals surface area contributed by atoms with E-state index < -0.39 is 28.5 Å². The molecule has 3 rings (SSSR count). The van der Waals surface area contributed by atoms with Crippen LogP contribution >= 0.6 is 11.6 Å². The first kappa shape index (κ1) is 30.2. The lowest BCUT2D eigenvalue weighted by atomic mass is 10.0. The van der Waals surface area contributed by atoms with Crippen molar-refractivity contribution < 1.29 is 18.0 Å². The number of likely N-dealkylation sites (N-methyl/N-ethyl adjacent to an activating group) is 1. The van der Waals surface area contributed by atoms with Crippen LogP contribution in [0.5, 0.6) is 0 Å². The minimum Gasteiger partial charge on any atom is -0.355 e. The first-order chi connectivity index (χ1) is 18.5. The molecule has 0 spiro atoms. The minimum absolute atomic E-state index is 0.0342. The molecule has 1 atom stereocenters. The SMILES string of the molecule is CCNC(=O)[C@@H](Cc1ccccc1)N(Cc1ccc(Cl)cc1)C(=O)CN(c1ccccc1C(C)C)S(C)(=O)=O. The van der Waals surface area contributed by atoms with Crippen LogP contribution < -0.4 is 9.62 Å². The van der Waals surface area contributed by atoms with E-state index in [9.17, 15) is 18.0 Å². The standard InChI is InChI=1S/C30H36ClN3O4S/c1-5-32-30(36)28(19-23-11-7-6-8-12-23)33(20-24-15-17-25(31)18-16-24)29(35)21-34(39(4,37)38)27-14-10-9-13-26(27)22(2)3/h6-18,22,28H,5,19-21H2,1-4H3,(H,32,36)/t28-/m1/s1. The van der Waals surface area contributed by atoms with Gasteiger partial charge in [0.25, 0.3) is 0 Å². The Morgan fingerprint density at radius 1 is 0.897 bits per heavy atom. The van der Waals surface area contributed by atoms with E-state index in [-0.39, 0.29) is 24.8 Å². The third-order valence-corrected chi connectivity index (χ3v) is 7.77. The molecule has 0 fully saturated rings. The fraction of sp³-hybridized carbons (Fsp3) is 0.333. The molecule has 0 saturated carbocycles. The van der Waals surface area contributed by atoms with Crippen LogP contribution in [0.25, 0.3) is 0 Å². The van der Waals surface area contributed by atoms with Gasteiger partial charge in [0.1, 0.15) is 12.6 Å². The van der Waals surface area contributed by atoms with Gasteiger partial charge in [-0.3, -0.25) is 13.9 Å². The van der Waals surface area contributed by atoms with Gasteiger partial charge in [0.15, 0.2) is 0 Å². The van der Waals surface area contributed by atoms with Gasteiger partial charge in [-0.05, 0) is 47.7 Å². The van der Waals surface area contributed by atoms with Crippen molar-refractivity contribution in [3.05, 3.63) is 101 Å². The molecule has 0 aliphatic rings. The van der Waals surface area contributed by atoms with Gasteiger partial charge < -0.3 is 10.2 Å². The van der Waals surface area contributed by atoms with Gasteiger partial charge in [-0.2, -0.15) is 0 Å². The summed E-state index contributed by atoms with van der Waals surface area (Å²) in [5, 5.41) is 3.40. The van der Waals surface area contributed by atoms with Crippen LogP contribution in [0, 0.1) is 0 Å². The quantitative estimate of drug-likeness (QED) is 0.332. The first-order valence-corrected chi connectivity index (χ1v) is 15.2. The number of para-hydroxylation sites is 1. The summed E-state index contributed by atoms with van der Waals surface area (Å²) in [4.78, 5) is 28.9. The van der Waals surface area contributed by atoms with E-state index in [0.717, 1.165) is 27.3 Å². The Labute approximate surface area is 236 Å². The molecule has 0 aliphatic carbocycles. The van der Waals surface area contributed by atoms with Crippen molar-refractivity contribution in [2.75, 3.05) is 23.7 Å². The number of hydrogen-bond acceptors (Lipinski definition) is 4. The van der Waals surface area contributed by atoms with E-state index in [4.69, 9.17) is 11.6 Å². The summed E-state index contributed by atoms with van der Waals surface area (Å²) >= 11 is 6.08. The van der Waals surface area contributed by atoms with Crippen molar-refractivity contribution in [3.8, 4) is 0 Å². The Morgan fingerprint density at radius 3 is 2.10 bits per heavy atom. The highest BCUT2D eigenvalue weighted by atomic mass is 35.5. The summed E-state index contributed by atoms with van der Waals surface area (Å²) in [6, 6.07) is 22.8. The summed E-state index contributed by atoms with van der Waals surface area (Å²) in [7, 11) is -3.83. The first-order valence-electron chi connectivity index (χ1n) is 12.9. The lowest BCUT2D eigenvalue weighted by Crippen LogP contribution is -2.53. The van der Waals surface area contributed by atoms with Gasteiger partial charge in [-0.1, -0.05) is 86.1 Å². The van der Waals surface area contributed by atoms with Gasteiger partial charge >= 0.3 is 0 Å². The van der Waals surface area contributed by atoms with Crippen molar-refractivity contribution in [1.29, 1.82) is 0 Å². The van der Waals surface area contributed by atoms with Crippen molar-refractivity contribution in [2.45, 2.75) is 45.7 Å². The second-order valence-electron chi connectivity index (χ2n) is 9.73. The average Bonchev–Trinajstić information content (AvgIpc) is 2.90. The number of rotatable bonds is 12. The number of carbonyl (C=O) groups excluding carboxylic acids is 2. The van der Waals surface area contributed by atoms with Crippen LogP contribution in [0.2, 0.25) is 5.02 Å². The third-order valence-electron chi connectivity index (χ3n) is 6.39. The maximum absolute atomic E-state index is 14.1. The second-order valence-corrected chi connectivity index (χ2v) is 12.1. The number of hydrogen-bond donors (Lipinski definition) is 1. The molecule has 2 amide bonds. The number of nitrogens with one attached hydrogen (secondary N) is 1. The molecule has 0 bridgehead atoms. The Balaban J connectivity index is 2.07. The summed E-state index contributed by atoms with van der Waals surface area (Å²) in [5.74, 6) is -0.759. The van der Waals surface area contributed by atoms with Crippen LogP contribution in [0.1, 0.15) is 43.4 Å². The van der Waals surface area contributed by atoms with Gasteiger partial charge in [0, 0.05) is 24.5 Å². The molecule has 39 heavy (non-hydrogen) atoms. The molecule has 0 radical (unpaired) electrons. The van der Waals surface area contributed by atoms with Gasteiger partial charge in [-0.25, -0.2) is 8.42 Å². The lowest BCUT2D eigenvalue weighted by molar-refractivity contribution is -0.140. The Morgan fingerprint density at radius 2 is 1.51 bits per heavy atom.